The van der Waals surface area contributed by atoms with Gasteiger partial charge in [-0.3, -0.25) is 9.69 Å². The maximum absolute atomic E-state index is 14.9. The minimum atomic E-state index is -0.546. The third-order valence-corrected chi connectivity index (χ3v) is 6.17. The molecule has 2 fully saturated rings. The van der Waals surface area contributed by atoms with Gasteiger partial charge in [-0.15, -0.1) is 0 Å². The van der Waals surface area contributed by atoms with Gasteiger partial charge >= 0.3 is 6.09 Å². The summed E-state index contributed by atoms with van der Waals surface area (Å²) >= 11 is 5.39. The Balaban J connectivity index is 1.40. The number of halogens is 1. The molecule has 0 unspecified atom stereocenters. The first-order valence-corrected chi connectivity index (χ1v) is 10.6. The molecule has 2 aliphatic rings. The number of rotatable bonds is 5. The molecule has 1 atom stereocenters. The van der Waals surface area contributed by atoms with Crippen molar-refractivity contribution in [1.29, 1.82) is 0 Å². The van der Waals surface area contributed by atoms with Crippen molar-refractivity contribution >= 4 is 35.6 Å². The van der Waals surface area contributed by atoms with Crippen molar-refractivity contribution in [2.24, 2.45) is 7.05 Å². The second-order valence-electron chi connectivity index (χ2n) is 7.88. The number of cyclic esters (lactones) is 1. The number of benzene rings is 1. The van der Waals surface area contributed by atoms with Crippen LogP contribution in [0.2, 0.25) is 0 Å². The summed E-state index contributed by atoms with van der Waals surface area (Å²) in [5.74, 6) is -0.581. The number of carbonyl (C=O) groups excluding carboxylic acids is 2. The lowest BCUT2D eigenvalue weighted by molar-refractivity contribution is -0.119. The quantitative estimate of drug-likeness (QED) is 0.707. The SMILES string of the molecule is CC(=O)NC[C@H]1CN(c2ccc(N3CCC(n4ncn(C)c4=S)CC3)c(F)c2)C(=O)O1. The Morgan fingerprint density at radius 3 is 2.71 bits per heavy atom. The number of carbonyl (C=O) groups is 2. The predicted octanol–water partition coefficient (Wildman–Crippen LogP) is 2.39. The van der Waals surface area contributed by atoms with Gasteiger partial charge < -0.3 is 19.5 Å². The number of aryl methyl sites for hydroxylation is 1. The molecule has 0 saturated carbocycles. The molecule has 0 spiro atoms. The maximum Gasteiger partial charge on any atom is 0.414 e. The fourth-order valence-electron chi connectivity index (χ4n) is 4.01. The van der Waals surface area contributed by atoms with Gasteiger partial charge in [0.25, 0.3) is 0 Å². The van der Waals surface area contributed by atoms with E-state index in [4.69, 9.17) is 17.0 Å². The van der Waals surface area contributed by atoms with Crippen molar-refractivity contribution < 1.29 is 18.7 Å². The average Bonchev–Trinajstić information content (AvgIpc) is 3.28. The molecule has 0 bridgehead atoms. The summed E-state index contributed by atoms with van der Waals surface area (Å²) in [5, 5.41) is 6.98. The van der Waals surface area contributed by atoms with Gasteiger partial charge in [0, 0.05) is 27.1 Å². The van der Waals surface area contributed by atoms with Gasteiger partial charge in [0.15, 0.2) is 4.77 Å². The van der Waals surface area contributed by atoms with Crippen LogP contribution in [0.15, 0.2) is 24.5 Å². The van der Waals surface area contributed by atoms with Crippen LogP contribution in [0.5, 0.6) is 0 Å². The van der Waals surface area contributed by atoms with Crippen molar-refractivity contribution in [3.05, 3.63) is 35.1 Å². The number of piperidine rings is 1. The smallest absolute Gasteiger partial charge is 0.414 e. The van der Waals surface area contributed by atoms with Gasteiger partial charge in [-0.1, -0.05) is 0 Å². The second-order valence-corrected chi connectivity index (χ2v) is 8.24. The third kappa shape index (κ3) is 4.41. The van der Waals surface area contributed by atoms with Crippen LogP contribution in [-0.4, -0.2) is 58.6 Å². The van der Waals surface area contributed by atoms with E-state index in [0.717, 1.165) is 12.8 Å². The summed E-state index contributed by atoms with van der Waals surface area (Å²) in [6, 6.07) is 4.98. The zero-order chi connectivity index (χ0) is 22.1. The number of amides is 2. The van der Waals surface area contributed by atoms with Gasteiger partial charge in [-0.25, -0.2) is 13.9 Å². The molecule has 0 aliphatic carbocycles. The lowest BCUT2D eigenvalue weighted by Crippen LogP contribution is -2.35. The number of nitrogens with zero attached hydrogens (tertiary/aromatic N) is 5. The zero-order valence-corrected chi connectivity index (χ0v) is 18.3. The molecule has 2 saturated heterocycles. The molecule has 166 valence electrons. The zero-order valence-electron chi connectivity index (χ0n) is 17.5. The molecule has 4 rings (SSSR count). The predicted molar refractivity (Wildman–Crippen MR) is 115 cm³/mol. The summed E-state index contributed by atoms with van der Waals surface area (Å²) in [6.45, 7) is 3.26. The number of ether oxygens (including phenoxy) is 1. The van der Waals surface area contributed by atoms with E-state index in [-0.39, 0.29) is 30.9 Å². The first-order valence-electron chi connectivity index (χ1n) is 10.2. The molecular formula is C20H25FN6O3S. The minimum absolute atomic E-state index is 0.195. The van der Waals surface area contributed by atoms with Gasteiger partial charge in [0.05, 0.1) is 30.5 Å². The highest BCUT2D eigenvalue weighted by Gasteiger charge is 2.33. The lowest BCUT2D eigenvalue weighted by Gasteiger charge is -2.34. The Hall–Kier alpha value is -2.95. The summed E-state index contributed by atoms with van der Waals surface area (Å²) in [4.78, 5) is 26.6. The van der Waals surface area contributed by atoms with Crippen molar-refractivity contribution in [3.63, 3.8) is 0 Å². The van der Waals surface area contributed by atoms with Crippen LogP contribution in [0.1, 0.15) is 25.8 Å². The van der Waals surface area contributed by atoms with Crippen LogP contribution in [0, 0.1) is 10.6 Å². The van der Waals surface area contributed by atoms with Crippen molar-refractivity contribution in [2.75, 3.05) is 36.0 Å². The molecule has 11 heteroatoms. The molecule has 2 aliphatic heterocycles. The van der Waals surface area contributed by atoms with E-state index in [9.17, 15) is 14.0 Å². The number of hydrogen-bond acceptors (Lipinski definition) is 6. The monoisotopic (exact) mass is 448 g/mol. The van der Waals surface area contributed by atoms with Crippen molar-refractivity contribution in [2.45, 2.75) is 31.9 Å². The van der Waals surface area contributed by atoms with Crippen LogP contribution in [0.25, 0.3) is 0 Å². The van der Waals surface area contributed by atoms with E-state index in [1.807, 2.05) is 21.2 Å². The Bertz CT molecular complexity index is 1050. The highest BCUT2D eigenvalue weighted by atomic mass is 32.1. The molecule has 3 heterocycles. The van der Waals surface area contributed by atoms with E-state index in [1.165, 1.54) is 17.9 Å². The summed E-state index contributed by atoms with van der Waals surface area (Å²) in [5.41, 5.74) is 0.945. The highest BCUT2D eigenvalue weighted by molar-refractivity contribution is 7.71. The lowest BCUT2D eigenvalue weighted by atomic mass is 10.0. The van der Waals surface area contributed by atoms with Gasteiger partial charge in [-0.2, -0.15) is 5.10 Å². The van der Waals surface area contributed by atoms with E-state index in [2.05, 4.69) is 10.4 Å². The summed E-state index contributed by atoms with van der Waals surface area (Å²) in [7, 11) is 1.87. The molecule has 2 amide bonds. The highest BCUT2D eigenvalue weighted by Crippen LogP contribution is 2.31. The number of nitrogens with one attached hydrogen (secondary N) is 1. The molecule has 1 N–H and O–H groups in total. The number of anilines is 2. The first kappa shape index (κ1) is 21.3. The Kier molecular flexibility index (Phi) is 5.94. The van der Waals surface area contributed by atoms with E-state index < -0.39 is 12.2 Å². The molecule has 31 heavy (non-hydrogen) atoms. The first-order chi connectivity index (χ1) is 14.8. The summed E-state index contributed by atoms with van der Waals surface area (Å²) in [6.07, 6.45) is 2.33. The van der Waals surface area contributed by atoms with Crippen LogP contribution in [-0.2, 0) is 16.6 Å². The molecule has 1 aromatic carbocycles. The standard InChI is InChI=1S/C20H25FN6O3S/c1-13(28)22-10-16-11-26(20(29)30-16)15-3-4-18(17(21)9-15)25-7-5-14(6-8-25)27-19(31)24(2)12-23-27/h3-4,9,12,14,16H,5-8,10-11H2,1-2H3,(H,22,28)/t16-/m0/s1. The normalized spacial score (nSPS) is 19.6. The number of aromatic nitrogens is 3. The van der Waals surface area contributed by atoms with E-state index in [0.29, 0.717) is 29.2 Å². The van der Waals surface area contributed by atoms with Crippen LogP contribution >= 0.6 is 12.2 Å². The van der Waals surface area contributed by atoms with Gasteiger partial charge in [0.2, 0.25) is 5.91 Å². The molecule has 0 radical (unpaired) electrons. The van der Waals surface area contributed by atoms with E-state index in [1.54, 1.807) is 18.5 Å². The topological polar surface area (TPSA) is 84.6 Å². The fraction of sp³-hybridized carbons (Fsp3) is 0.500. The van der Waals surface area contributed by atoms with Crippen LogP contribution in [0.3, 0.4) is 0 Å². The largest absolute Gasteiger partial charge is 0.442 e. The molecule has 1 aromatic heterocycles. The second kappa shape index (κ2) is 8.66. The van der Waals surface area contributed by atoms with E-state index >= 15 is 0 Å². The molecule has 2 aromatic rings. The third-order valence-electron chi connectivity index (χ3n) is 5.69. The fourth-order valence-corrected chi connectivity index (χ4v) is 4.26. The summed E-state index contributed by atoms with van der Waals surface area (Å²) < 4.78 is 24.5. The number of hydrogen-bond donors (Lipinski definition) is 1. The van der Waals surface area contributed by atoms with Crippen LogP contribution < -0.4 is 15.1 Å². The molecular weight excluding hydrogens is 423 g/mol. The molecule has 9 nitrogen and oxygen atoms in total. The Labute approximate surface area is 184 Å². The van der Waals surface area contributed by atoms with Gasteiger partial charge in [0.1, 0.15) is 18.2 Å². The Morgan fingerprint density at radius 2 is 2.10 bits per heavy atom. The van der Waals surface area contributed by atoms with Crippen molar-refractivity contribution in [1.82, 2.24) is 19.7 Å². The Morgan fingerprint density at radius 1 is 1.35 bits per heavy atom. The average molecular weight is 449 g/mol. The van der Waals surface area contributed by atoms with Crippen LogP contribution in [0.4, 0.5) is 20.6 Å². The minimum Gasteiger partial charge on any atom is -0.442 e. The maximum atomic E-state index is 14.9. The van der Waals surface area contributed by atoms with Crippen molar-refractivity contribution in [3.8, 4) is 0 Å². The van der Waals surface area contributed by atoms with Gasteiger partial charge in [-0.05, 0) is 43.3 Å².